The first-order chi connectivity index (χ1) is 11.1. The van der Waals surface area contributed by atoms with Gasteiger partial charge >= 0.3 is 5.97 Å². The molecule has 0 unspecified atom stereocenters. The van der Waals surface area contributed by atoms with Crippen LogP contribution in [0.3, 0.4) is 0 Å². The van der Waals surface area contributed by atoms with Crippen LogP contribution in [0.15, 0.2) is 37.0 Å². The maximum Gasteiger partial charge on any atom is 0.311 e. The van der Waals surface area contributed by atoms with E-state index in [1.54, 1.807) is 13.0 Å². The molecule has 1 fully saturated rings. The minimum Gasteiger partial charge on any atom is -0.461 e. The third-order valence-corrected chi connectivity index (χ3v) is 4.73. The van der Waals surface area contributed by atoms with Gasteiger partial charge in [-0.1, -0.05) is 18.2 Å². The number of esters is 1. The summed E-state index contributed by atoms with van der Waals surface area (Å²) in [6, 6.07) is 0. The van der Waals surface area contributed by atoms with Gasteiger partial charge in [0.15, 0.2) is 0 Å². The second kappa shape index (κ2) is 8.63. The molecule has 1 aliphatic rings. The second-order valence-electron chi connectivity index (χ2n) is 7.26. The minimum absolute atomic E-state index is 0.118. The van der Waals surface area contributed by atoms with Gasteiger partial charge in [0.2, 0.25) is 0 Å². The molecule has 136 valence electrons. The van der Waals surface area contributed by atoms with Crippen molar-refractivity contribution in [1.29, 1.82) is 0 Å². The molecule has 0 radical (unpaired) electrons. The Kier molecular flexibility index (Phi) is 7.43. The largest absolute Gasteiger partial charge is 0.461 e. The van der Waals surface area contributed by atoms with Crippen molar-refractivity contribution >= 4 is 5.97 Å². The molecule has 0 aromatic carbocycles. The zero-order valence-corrected chi connectivity index (χ0v) is 15.5. The van der Waals surface area contributed by atoms with Crippen molar-refractivity contribution in [3.63, 3.8) is 0 Å². The summed E-state index contributed by atoms with van der Waals surface area (Å²) in [5.41, 5.74) is -0.227. The van der Waals surface area contributed by atoms with Crippen LogP contribution in [0.5, 0.6) is 0 Å². The Bertz CT molecular complexity index is 492. The van der Waals surface area contributed by atoms with E-state index in [4.69, 9.17) is 9.47 Å². The third-order valence-electron chi connectivity index (χ3n) is 4.73. The van der Waals surface area contributed by atoms with Crippen LogP contribution in [0, 0.1) is 5.92 Å². The van der Waals surface area contributed by atoms with Gasteiger partial charge in [-0.3, -0.25) is 4.79 Å². The highest BCUT2D eigenvalue weighted by molar-refractivity contribution is 5.73. The van der Waals surface area contributed by atoms with Crippen molar-refractivity contribution in [1.82, 2.24) is 0 Å². The molecule has 4 nitrogen and oxygen atoms in total. The van der Waals surface area contributed by atoms with Crippen LogP contribution in [0.4, 0.5) is 0 Å². The van der Waals surface area contributed by atoms with Crippen LogP contribution in [0.2, 0.25) is 0 Å². The zero-order chi connectivity index (χ0) is 18.4. The van der Waals surface area contributed by atoms with Crippen molar-refractivity contribution in [2.45, 2.75) is 70.7 Å². The highest BCUT2D eigenvalue weighted by Gasteiger charge is 2.38. The lowest BCUT2D eigenvalue weighted by Crippen LogP contribution is -2.30. The van der Waals surface area contributed by atoms with E-state index in [0.717, 1.165) is 18.4 Å². The molecule has 1 heterocycles. The molecule has 0 bridgehead atoms. The van der Waals surface area contributed by atoms with Crippen molar-refractivity contribution in [2.75, 3.05) is 6.61 Å². The molecular weight excluding hydrogens is 304 g/mol. The van der Waals surface area contributed by atoms with Crippen molar-refractivity contribution < 1.29 is 19.4 Å². The molecule has 1 rings (SSSR count). The Labute approximate surface area is 146 Å². The monoisotopic (exact) mass is 336 g/mol. The molecular formula is C20H32O4. The van der Waals surface area contributed by atoms with Crippen LogP contribution in [-0.2, 0) is 14.3 Å². The summed E-state index contributed by atoms with van der Waals surface area (Å²) < 4.78 is 11.3. The molecule has 0 aliphatic carbocycles. The van der Waals surface area contributed by atoms with Crippen molar-refractivity contribution in [3.05, 3.63) is 37.0 Å². The topological polar surface area (TPSA) is 55.8 Å². The van der Waals surface area contributed by atoms with E-state index in [1.807, 2.05) is 26.8 Å². The Morgan fingerprint density at radius 1 is 1.54 bits per heavy atom. The molecule has 1 N–H and O–H groups in total. The lowest BCUT2D eigenvalue weighted by Gasteiger charge is -2.23. The van der Waals surface area contributed by atoms with Gasteiger partial charge in [0.05, 0.1) is 23.2 Å². The van der Waals surface area contributed by atoms with Gasteiger partial charge in [0, 0.05) is 0 Å². The molecule has 0 spiro atoms. The first-order valence-corrected chi connectivity index (χ1v) is 8.62. The maximum atomic E-state index is 12.2. The normalized spacial score (nSPS) is 28.0. The van der Waals surface area contributed by atoms with E-state index in [2.05, 4.69) is 13.2 Å². The van der Waals surface area contributed by atoms with E-state index in [-0.39, 0.29) is 30.2 Å². The number of ether oxygens (including phenoxy) is 2. The second-order valence-corrected chi connectivity index (χ2v) is 7.26. The number of hydrogen-bond acceptors (Lipinski definition) is 4. The Morgan fingerprint density at radius 2 is 2.21 bits per heavy atom. The highest BCUT2D eigenvalue weighted by atomic mass is 16.5. The summed E-state index contributed by atoms with van der Waals surface area (Å²) in [6.45, 7) is 15.1. The van der Waals surface area contributed by atoms with Crippen LogP contribution >= 0.6 is 0 Å². The fourth-order valence-electron chi connectivity index (χ4n) is 2.63. The average molecular weight is 336 g/mol. The fourth-order valence-corrected chi connectivity index (χ4v) is 2.63. The number of allylic oxidation sites excluding steroid dienone is 1. The lowest BCUT2D eigenvalue weighted by molar-refractivity contribution is -0.152. The Morgan fingerprint density at radius 3 is 2.75 bits per heavy atom. The summed E-state index contributed by atoms with van der Waals surface area (Å²) in [7, 11) is 0. The quantitative estimate of drug-likeness (QED) is 0.511. The van der Waals surface area contributed by atoms with Crippen molar-refractivity contribution in [2.24, 2.45) is 5.92 Å². The van der Waals surface area contributed by atoms with Gasteiger partial charge in [-0.15, -0.1) is 13.2 Å². The predicted octanol–water partition coefficient (Wildman–Crippen LogP) is 3.95. The van der Waals surface area contributed by atoms with E-state index < -0.39 is 5.60 Å². The molecule has 0 aromatic rings. The van der Waals surface area contributed by atoms with Gasteiger partial charge in [-0.05, 0) is 59.0 Å². The van der Waals surface area contributed by atoms with Crippen LogP contribution in [-0.4, -0.2) is 35.0 Å². The molecule has 4 heteroatoms. The SMILES string of the molecule is C=C[C@@](C)(O)CC/C=C(/C)COC(=O)[C@H](C)[C@@H]1CC[C@@](C)(C=C)O1. The van der Waals surface area contributed by atoms with Crippen molar-refractivity contribution in [3.8, 4) is 0 Å². The maximum absolute atomic E-state index is 12.2. The highest BCUT2D eigenvalue weighted by Crippen LogP contribution is 2.34. The summed E-state index contributed by atoms with van der Waals surface area (Å²) >= 11 is 0. The molecule has 0 saturated carbocycles. The van der Waals surface area contributed by atoms with Gasteiger partial charge in [-0.25, -0.2) is 0 Å². The van der Waals surface area contributed by atoms with E-state index in [1.165, 1.54) is 6.08 Å². The zero-order valence-electron chi connectivity index (χ0n) is 15.5. The van der Waals surface area contributed by atoms with Gasteiger partial charge in [-0.2, -0.15) is 0 Å². The van der Waals surface area contributed by atoms with E-state index in [9.17, 15) is 9.90 Å². The van der Waals surface area contributed by atoms with Crippen LogP contribution in [0.1, 0.15) is 53.4 Å². The predicted molar refractivity (Wildman–Crippen MR) is 96.6 cm³/mol. The summed E-state index contributed by atoms with van der Waals surface area (Å²) in [5, 5.41) is 9.86. The van der Waals surface area contributed by atoms with Gasteiger partial charge in [0.1, 0.15) is 6.61 Å². The summed E-state index contributed by atoms with van der Waals surface area (Å²) in [4.78, 5) is 12.2. The molecule has 1 saturated heterocycles. The number of hydrogen-bond donors (Lipinski definition) is 1. The number of carbonyl (C=O) groups is 1. The fraction of sp³-hybridized carbons (Fsp3) is 0.650. The number of rotatable bonds is 9. The Hall–Kier alpha value is -1.39. The Balaban J connectivity index is 2.40. The molecule has 0 aromatic heterocycles. The lowest BCUT2D eigenvalue weighted by atomic mass is 9.99. The standard InChI is InChI=1S/C20H32O4/c1-7-19(5,22)12-9-10-15(3)14-23-18(21)16(4)17-11-13-20(6,8-2)24-17/h7-8,10,16-17,22H,1-2,9,11-14H2,3-6H3/b15-10-/t16-,17+,19-,20-/m1/s1. The smallest absolute Gasteiger partial charge is 0.311 e. The average Bonchev–Trinajstić information content (AvgIpc) is 2.94. The van der Waals surface area contributed by atoms with Crippen LogP contribution < -0.4 is 0 Å². The molecule has 0 amide bonds. The summed E-state index contributed by atoms with van der Waals surface area (Å²) in [5.74, 6) is -0.528. The summed E-state index contributed by atoms with van der Waals surface area (Å²) in [6.07, 6.45) is 8.22. The van der Waals surface area contributed by atoms with E-state index in [0.29, 0.717) is 12.8 Å². The molecule has 1 aliphatic heterocycles. The third kappa shape index (κ3) is 6.25. The minimum atomic E-state index is -0.862. The first-order valence-electron chi connectivity index (χ1n) is 8.62. The van der Waals surface area contributed by atoms with Crippen LogP contribution in [0.25, 0.3) is 0 Å². The number of carbonyl (C=O) groups excluding carboxylic acids is 1. The molecule has 4 atom stereocenters. The van der Waals surface area contributed by atoms with Gasteiger partial charge < -0.3 is 14.6 Å². The van der Waals surface area contributed by atoms with Gasteiger partial charge in [0.25, 0.3) is 0 Å². The molecule has 24 heavy (non-hydrogen) atoms. The van der Waals surface area contributed by atoms with E-state index >= 15 is 0 Å². The first kappa shape index (κ1) is 20.7. The number of aliphatic hydroxyl groups is 1.